The van der Waals surface area contributed by atoms with E-state index in [9.17, 15) is 4.79 Å². The van der Waals surface area contributed by atoms with Crippen LogP contribution in [0.5, 0.6) is 5.75 Å². The summed E-state index contributed by atoms with van der Waals surface area (Å²) in [4.78, 5) is 21.2. The number of likely N-dealkylation sites (N-methyl/N-ethyl adjacent to an activating group) is 1. The lowest BCUT2D eigenvalue weighted by atomic mass is 10.1. The summed E-state index contributed by atoms with van der Waals surface area (Å²) in [6.07, 6.45) is 3.54. The van der Waals surface area contributed by atoms with E-state index in [1.54, 1.807) is 12.4 Å². The Labute approximate surface area is 179 Å². The van der Waals surface area contributed by atoms with Crippen LogP contribution in [-0.2, 0) is 6.61 Å². The summed E-state index contributed by atoms with van der Waals surface area (Å²) in [5, 5.41) is 6.08. The highest BCUT2D eigenvalue weighted by Gasteiger charge is 2.18. The molecule has 1 saturated heterocycles. The highest BCUT2D eigenvalue weighted by atomic mass is 16.5. The maximum Gasteiger partial charge on any atom is 0.315 e. The second-order valence-electron chi connectivity index (χ2n) is 8.06. The van der Waals surface area contributed by atoms with Crippen LogP contribution in [0, 0.1) is 0 Å². The van der Waals surface area contributed by atoms with Crippen LogP contribution < -0.4 is 15.4 Å². The lowest BCUT2D eigenvalue weighted by molar-refractivity contribution is 0.144. The first kappa shape index (κ1) is 22.1. The molecule has 1 aliphatic rings. The lowest BCUT2D eigenvalue weighted by Crippen LogP contribution is -2.51. The van der Waals surface area contributed by atoms with Crippen molar-refractivity contribution in [1.82, 2.24) is 25.4 Å². The molecule has 0 bridgehead atoms. The summed E-state index contributed by atoms with van der Waals surface area (Å²) in [7, 11) is 2.15. The van der Waals surface area contributed by atoms with Gasteiger partial charge in [0.1, 0.15) is 12.4 Å². The maximum absolute atomic E-state index is 12.4. The molecule has 2 amide bonds. The average molecular weight is 412 g/mol. The van der Waals surface area contributed by atoms with Gasteiger partial charge in [-0.15, -0.1) is 0 Å². The number of ether oxygens (including phenoxy) is 1. The lowest BCUT2D eigenvalue weighted by Gasteiger charge is -2.34. The molecule has 1 fully saturated rings. The zero-order valence-electron chi connectivity index (χ0n) is 18.2. The molecular formula is C23H33N5O2. The molecule has 2 heterocycles. The van der Waals surface area contributed by atoms with E-state index in [1.807, 2.05) is 43.3 Å². The molecule has 30 heavy (non-hydrogen) atoms. The monoisotopic (exact) mass is 411 g/mol. The smallest absolute Gasteiger partial charge is 0.315 e. The fraction of sp³-hybridized carbons (Fsp3) is 0.478. The number of amides is 2. The van der Waals surface area contributed by atoms with Crippen LogP contribution >= 0.6 is 0 Å². The number of urea groups is 1. The standard InChI is InChI=1S/C23H33N5O2/c1-18(16-28-13-11-27(3)12-14-28)25-23(29)26-19(2)21-6-8-22(9-7-21)30-17-20-5-4-10-24-15-20/h4-10,15,18-19H,11-14,16-17H2,1-3H3,(H2,25,26,29). The molecule has 2 N–H and O–H groups in total. The Morgan fingerprint density at radius 2 is 1.83 bits per heavy atom. The molecule has 7 heteroatoms. The Morgan fingerprint density at radius 1 is 1.10 bits per heavy atom. The van der Waals surface area contributed by atoms with Crippen molar-refractivity contribution in [2.75, 3.05) is 39.8 Å². The van der Waals surface area contributed by atoms with E-state index in [-0.39, 0.29) is 18.1 Å². The van der Waals surface area contributed by atoms with Gasteiger partial charge in [-0.2, -0.15) is 0 Å². The first-order valence-electron chi connectivity index (χ1n) is 10.6. The van der Waals surface area contributed by atoms with Crippen LogP contribution in [-0.4, -0.2) is 66.6 Å². The number of rotatable bonds is 8. The fourth-order valence-corrected chi connectivity index (χ4v) is 3.51. The van der Waals surface area contributed by atoms with Crippen LogP contribution in [0.4, 0.5) is 4.79 Å². The summed E-state index contributed by atoms with van der Waals surface area (Å²) >= 11 is 0. The molecule has 0 radical (unpaired) electrons. The van der Waals surface area contributed by atoms with Crippen LogP contribution in [0.15, 0.2) is 48.8 Å². The summed E-state index contributed by atoms with van der Waals surface area (Å²) in [5.74, 6) is 0.792. The number of aromatic nitrogens is 1. The van der Waals surface area contributed by atoms with Gasteiger partial charge in [-0.3, -0.25) is 9.88 Å². The van der Waals surface area contributed by atoms with E-state index in [2.05, 4.69) is 39.4 Å². The third-order valence-electron chi connectivity index (χ3n) is 5.36. The summed E-state index contributed by atoms with van der Waals surface area (Å²) in [6, 6.07) is 11.6. The summed E-state index contributed by atoms with van der Waals surface area (Å²) < 4.78 is 5.79. The number of carbonyl (C=O) groups is 1. The van der Waals surface area contributed by atoms with Gasteiger partial charge in [0.25, 0.3) is 0 Å². The average Bonchev–Trinajstić information content (AvgIpc) is 2.75. The minimum Gasteiger partial charge on any atom is -0.489 e. The number of hydrogen-bond donors (Lipinski definition) is 2. The molecule has 2 atom stereocenters. The van der Waals surface area contributed by atoms with Gasteiger partial charge in [-0.25, -0.2) is 4.79 Å². The van der Waals surface area contributed by atoms with Crippen LogP contribution in [0.25, 0.3) is 0 Å². The van der Waals surface area contributed by atoms with Gasteiger partial charge in [0.05, 0.1) is 6.04 Å². The maximum atomic E-state index is 12.4. The summed E-state index contributed by atoms with van der Waals surface area (Å²) in [6.45, 7) is 9.65. The number of benzene rings is 1. The van der Waals surface area contributed by atoms with Crippen LogP contribution in [0.1, 0.15) is 31.0 Å². The van der Waals surface area contributed by atoms with Gasteiger partial charge in [0, 0.05) is 56.7 Å². The first-order valence-corrected chi connectivity index (χ1v) is 10.6. The van der Waals surface area contributed by atoms with E-state index in [0.717, 1.165) is 49.6 Å². The van der Waals surface area contributed by atoms with Gasteiger partial charge in [0.2, 0.25) is 0 Å². The number of nitrogens with one attached hydrogen (secondary N) is 2. The van der Waals surface area contributed by atoms with Crippen LogP contribution in [0.3, 0.4) is 0 Å². The van der Waals surface area contributed by atoms with E-state index >= 15 is 0 Å². The summed E-state index contributed by atoms with van der Waals surface area (Å²) in [5.41, 5.74) is 2.06. The Balaban J connectivity index is 1.41. The van der Waals surface area contributed by atoms with Gasteiger partial charge in [-0.05, 0) is 44.7 Å². The van der Waals surface area contributed by atoms with E-state index in [0.29, 0.717) is 6.61 Å². The topological polar surface area (TPSA) is 69.7 Å². The molecule has 0 saturated carbocycles. The molecule has 1 aliphatic heterocycles. The third kappa shape index (κ3) is 7.00. The van der Waals surface area contributed by atoms with Gasteiger partial charge < -0.3 is 20.3 Å². The predicted molar refractivity (Wildman–Crippen MR) is 118 cm³/mol. The highest BCUT2D eigenvalue weighted by molar-refractivity contribution is 5.74. The molecular weight excluding hydrogens is 378 g/mol. The molecule has 1 aromatic carbocycles. The second-order valence-corrected chi connectivity index (χ2v) is 8.06. The van der Waals surface area contributed by atoms with Crippen molar-refractivity contribution in [2.45, 2.75) is 32.5 Å². The van der Waals surface area contributed by atoms with E-state index < -0.39 is 0 Å². The van der Waals surface area contributed by atoms with Crippen molar-refractivity contribution in [1.29, 1.82) is 0 Å². The Kier molecular flexibility index (Phi) is 8.04. The van der Waals surface area contributed by atoms with Crippen molar-refractivity contribution in [3.8, 4) is 5.75 Å². The third-order valence-corrected chi connectivity index (χ3v) is 5.36. The largest absolute Gasteiger partial charge is 0.489 e. The van der Waals surface area contributed by atoms with E-state index in [1.165, 1.54) is 0 Å². The molecule has 0 aliphatic carbocycles. The molecule has 3 rings (SSSR count). The fourth-order valence-electron chi connectivity index (χ4n) is 3.51. The number of carbonyl (C=O) groups excluding carboxylic acids is 1. The minimum absolute atomic E-state index is 0.0896. The van der Waals surface area contributed by atoms with Crippen molar-refractivity contribution in [3.05, 3.63) is 59.9 Å². The highest BCUT2D eigenvalue weighted by Crippen LogP contribution is 2.18. The number of piperazine rings is 1. The molecule has 162 valence electrons. The SMILES string of the molecule is CC(CN1CCN(C)CC1)NC(=O)NC(C)c1ccc(OCc2cccnc2)cc1. The first-order chi connectivity index (χ1) is 14.5. The predicted octanol–water partition coefficient (Wildman–Crippen LogP) is 2.66. The van der Waals surface area contributed by atoms with E-state index in [4.69, 9.17) is 4.74 Å². The quantitative estimate of drug-likeness (QED) is 0.699. The van der Waals surface area contributed by atoms with Gasteiger partial charge in [-0.1, -0.05) is 18.2 Å². The number of hydrogen-bond acceptors (Lipinski definition) is 5. The van der Waals surface area contributed by atoms with Crippen LogP contribution in [0.2, 0.25) is 0 Å². The van der Waals surface area contributed by atoms with Gasteiger partial charge >= 0.3 is 6.03 Å². The molecule has 0 spiro atoms. The molecule has 2 unspecified atom stereocenters. The molecule has 2 aromatic rings. The van der Waals surface area contributed by atoms with Crippen molar-refractivity contribution < 1.29 is 9.53 Å². The number of pyridine rings is 1. The minimum atomic E-state index is -0.138. The van der Waals surface area contributed by atoms with Crippen molar-refractivity contribution in [2.24, 2.45) is 0 Å². The second kappa shape index (κ2) is 10.9. The normalized spacial score (nSPS) is 17.2. The molecule has 1 aromatic heterocycles. The zero-order chi connectivity index (χ0) is 21.3. The van der Waals surface area contributed by atoms with Crippen molar-refractivity contribution >= 4 is 6.03 Å². The Hall–Kier alpha value is -2.64. The Bertz CT molecular complexity index is 776. The van der Waals surface area contributed by atoms with Crippen molar-refractivity contribution in [3.63, 3.8) is 0 Å². The zero-order valence-corrected chi connectivity index (χ0v) is 18.2. The Morgan fingerprint density at radius 3 is 2.50 bits per heavy atom. The molecule has 7 nitrogen and oxygen atoms in total. The number of nitrogens with zero attached hydrogens (tertiary/aromatic N) is 3. The van der Waals surface area contributed by atoms with Gasteiger partial charge in [0.15, 0.2) is 0 Å².